The first-order valence-electron chi connectivity index (χ1n) is 9.37. The van der Waals surface area contributed by atoms with Crippen LogP contribution in [0.3, 0.4) is 0 Å². The monoisotopic (exact) mass is 365 g/mol. The third-order valence-corrected chi connectivity index (χ3v) is 4.71. The van der Waals surface area contributed by atoms with Crippen LogP contribution in [0.2, 0.25) is 0 Å². The minimum Gasteiger partial charge on any atom is -0.349 e. The molecule has 0 spiro atoms. The van der Waals surface area contributed by atoms with Crippen LogP contribution >= 0.6 is 0 Å². The number of hydrogen-bond donors (Lipinski definition) is 2. The fourth-order valence-electron chi connectivity index (χ4n) is 3.09. The van der Waals surface area contributed by atoms with Crippen molar-refractivity contribution in [3.63, 3.8) is 0 Å². The first kappa shape index (κ1) is 19.1. The maximum Gasteiger partial charge on any atom is 0.253 e. The highest BCUT2D eigenvalue weighted by Gasteiger charge is 2.25. The Morgan fingerprint density at radius 2 is 1.85 bits per heavy atom. The van der Waals surface area contributed by atoms with Gasteiger partial charge in [0, 0.05) is 12.6 Å². The number of rotatable bonds is 7. The lowest BCUT2D eigenvalue weighted by atomic mass is 10.1. The molecule has 2 amide bonds. The summed E-state index contributed by atoms with van der Waals surface area (Å²) in [6.07, 6.45) is 2.06. The number of nitrogens with zero attached hydrogens (tertiary/aromatic N) is 1. The molecule has 0 radical (unpaired) electrons. The largest absolute Gasteiger partial charge is 0.349 e. The number of para-hydroxylation sites is 1. The lowest BCUT2D eigenvalue weighted by Crippen LogP contribution is -2.31. The summed E-state index contributed by atoms with van der Waals surface area (Å²) in [5.41, 5.74) is 4.73. The van der Waals surface area contributed by atoms with Gasteiger partial charge >= 0.3 is 0 Å². The Bertz CT molecular complexity index is 843. The van der Waals surface area contributed by atoms with Crippen molar-refractivity contribution in [1.29, 1.82) is 0 Å². The maximum atomic E-state index is 12.5. The summed E-state index contributed by atoms with van der Waals surface area (Å²) in [6, 6.07) is 13.8. The molecule has 1 fully saturated rings. The number of aryl methyl sites for hydroxylation is 2. The van der Waals surface area contributed by atoms with Crippen molar-refractivity contribution >= 4 is 17.5 Å². The highest BCUT2D eigenvalue weighted by molar-refractivity contribution is 6.04. The number of anilines is 1. The van der Waals surface area contributed by atoms with Crippen molar-refractivity contribution in [1.82, 2.24) is 10.2 Å². The topological polar surface area (TPSA) is 61.4 Å². The lowest BCUT2D eigenvalue weighted by molar-refractivity contribution is -0.117. The molecule has 1 aliphatic rings. The minimum absolute atomic E-state index is 0.128. The van der Waals surface area contributed by atoms with E-state index in [1.807, 2.05) is 24.1 Å². The molecule has 2 aromatic carbocycles. The van der Waals surface area contributed by atoms with Gasteiger partial charge in [0.15, 0.2) is 0 Å². The van der Waals surface area contributed by atoms with Crippen LogP contribution in [0.15, 0.2) is 42.5 Å². The van der Waals surface area contributed by atoms with E-state index in [1.165, 1.54) is 16.7 Å². The van der Waals surface area contributed by atoms with E-state index in [-0.39, 0.29) is 24.4 Å². The van der Waals surface area contributed by atoms with Crippen molar-refractivity contribution in [3.8, 4) is 0 Å². The van der Waals surface area contributed by atoms with Crippen molar-refractivity contribution in [2.24, 2.45) is 0 Å². The maximum absolute atomic E-state index is 12.5. The number of amides is 2. The van der Waals surface area contributed by atoms with Gasteiger partial charge in [-0.2, -0.15) is 0 Å². The van der Waals surface area contributed by atoms with Gasteiger partial charge in [-0.3, -0.25) is 14.5 Å². The zero-order valence-corrected chi connectivity index (χ0v) is 16.2. The van der Waals surface area contributed by atoms with E-state index in [9.17, 15) is 9.59 Å². The van der Waals surface area contributed by atoms with Gasteiger partial charge in [-0.15, -0.1) is 0 Å². The average Bonchev–Trinajstić information content (AvgIpc) is 3.41. The van der Waals surface area contributed by atoms with E-state index < -0.39 is 0 Å². The van der Waals surface area contributed by atoms with E-state index in [0.29, 0.717) is 17.8 Å². The number of benzene rings is 2. The highest BCUT2D eigenvalue weighted by atomic mass is 16.2. The third-order valence-electron chi connectivity index (χ3n) is 4.71. The van der Waals surface area contributed by atoms with Crippen LogP contribution in [-0.2, 0) is 11.3 Å². The summed E-state index contributed by atoms with van der Waals surface area (Å²) >= 11 is 0. The molecule has 0 aliphatic heterocycles. The van der Waals surface area contributed by atoms with E-state index >= 15 is 0 Å². The standard InChI is InChI=1S/C22H27N3O2/c1-15-8-9-17(16(2)12-15)13-25(3)14-21(26)24-20-7-5-4-6-19(20)22(27)23-18-10-11-18/h4-9,12,18H,10-11,13-14H2,1-3H3,(H,23,27)(H,24,26). The van der Waals surface area contributed by atoms with Gasteiger partial charge in [-0.05, 0) is 57.0 Å². The van der Waals surface area contributed by atoms with E-state index in [1.54, 1.807) is 12.1 Å². The number of likely N-dealkylation sites (N-methyl/N-ethyl adjacent to an activating group) is 1. The molecule has 2 aromatic rings. The van der Waals surface area contributed by atoms with Crippen LogP contribution in [0.25, 0.3) is 0 Å². The second-order valence-corrected chi connectivity index (χ2v) is 7.44. The third kappa shape index (κ3) is 5.41. The SMILES string of the molecule is Cc1ccc(CN(C)CC(=O)Nc2ccccc2C(=O)NC2CC2)c(C)c1. The fraction of sp³-hybridized carbons (Fsp3) is 0.364. The van der Waals surface area contributed by atoms with Gasteiger partial charge in [0.2, 0.25) is 5.91 Å². The Labute approximate surface area is 160 Å². The smallest absolute Gasteiger partial charge is 0.253 e. The summed E-state index contributed by atoms with van der Waals surface area (Å²) in [5, 5.41) is 5.85. The number of hydrogen-bond acceptors (Lipinski definition) is 3. The van der Waals surface area contributed by atoms with Gasteiger partial charge in [0.25, 0.3) is 5.91 Å². The minimum atomic E-state index is -0.131. The Kier molecular flexibility index (Phi) is 5.91. The van der Waals surface area contributed by atoms with Crippen LogP contribution in [0.4, 0.5) is 5.69 Å². The molecule has 0 aromatic heterocycles. The first-order chi connectivity index (χ1) is 12.9. The molecular formula is C22H27N3O2. The molecule has 0 bridgehead atoms. The number of carbonyl (C=O) groups is 2. The molecule has 1 saturated carbocycles. The Hall–Kier alpha value is -2.66. The van der Waals surface area contributed by atoms with Crippen molar-refractivity contribution in [2.45, 2.75) is 39.3 Å². The van der Waals surface area contributed by atoms with E-state index in [0.717, 1.165) is 12.8 Å². The van der Waals surface area contributed by atoms with Gasteiger partial charge in [0.05, 0.1) is 17.8 Å². The van der Waals surface area contributed by atoms with Gasteiger partial charge in [0.1, 0.15) is 0 Å². The van der Waals surface area contributed by atoms with Crippen molar-refractivity contribution < 1.29 is 9.59 Å². The Balaban J connectivity index is 1.59. The van der Waals surface area contributed by atoms with Crippen molar-refractivity contribution in [3.05, 3.63) is 64.7 Å². The van der Waals surface area contributed by atoms with Gasteiger partial charge in [-0.1, -0.05) is 35.9 Å². The zero-order chi connectivity index (χ0) is 19.4. The molecule has 0 unspecified atom stereocenters. The summed E-state index contributed by atoms with van der Waals surface area (Å²) in [4.78, 5) is 26.8. The molecule has 2 N–H and O–H groups in total. The summed E-state index contributed by atoms with van der Waals surface area (Å²) in [5.74, 6) is -0.258. The van der Waals surface area contributed by atoms with Crippen LogP contribution in [-0.4, -0.2) is 36.3 Å². The molecule has 0 heterocycles. The van der Waals surface area contributed by atoms with Crippen molar-refractivity contribution in [2.75, 3.05) is 18.9 Å². The molecule has 142 valence electrons. The lowest BCUT2D eigenvalue weighted by Gasteiger charge is -2.18. The van der Waals surface area contributed by atoms with E-state index in [2.05, 4.69) is 42.7 Å². The summed E-state index contributed by atoms with van der Waals surface area (Å²) < 4.78 is 0. The van der Waals surface area contributed by atoms with Crippen LogP contribution in [0.5, 0.6) is 0 Å². The molecule has 0 saturated heterocycles. The van der Waals surface area contributed by atoms with Crippen LogP contribution in [0.1, 0.15) is 39.9 Å². The molecular weight excluding hydrogens is 338 g/mol. The first-order valence-corrected chi connectivity index (χ1v) is 9.37. The Morgan fingerprint density at radius 1 is 1.11 bits per heavy atom. The Morgan fingerprint density at radius 3 is 2.56 bits per heavy atom. The molecule has 5 heteroatoms. The molecule has 1 aliphatic carbocycles. The summed E-state index contributed by atoms with van der Waals surface area (Å²) in [7, 11) is 1.92. The summed E-state index contributed by atoms with van der Waals surface area (Å²) in [6.45, 7) is 5.12. The second kappa shape index (κ2) is 8.35. The van der Waals surface area contributed by atoms with Crippen LogP contribution < -0.4 is 10.6 Å². The molecule has 5 nitrogen and oxygen atoms in total. The highest BCUT2D eigenvalue weighted by Crippen LogP contribution is 2.21. The quantitative estimate of drug-likeness (QED) is 0.792. The zero-order valence-electron chi connectivity index (χ0n) is 16.2. The van der Waals surface area contributed by atoms with Crippen LogP contribution in [0, 0.1) is 13.8 Å². The predicted octanol–water partition coefficient (Wildman–Crippen LogP) is 3.27. The fourth-order valence-corrected chi connectivity index (χ4v) is 3.09. The predicted molar refractivity (Wildman–Crippen MR) is 108 cm³/mol. The normalized spacial score (nSPS) is 13.5. The number of carbonyl (C=O) groups excluding carboxylic acids is 2. The molecule has 3 rings (SSSR count). The molecule has 27 heavy (non-hydrogen) atoms. The van der Waals surface area contributed by atoms with E-state index in [4.69, 9.17) is 0 Å². The average molecular weight is 365 g/mol. The number of nitrogens with one attached hydrogen (secondary N) is 2. The van der Waals surface area contributed by atoms with Gasteiger partial charge < -0.3 is 10.6 Å². The molecule has 0 atom stereocenters. The second-order valence-electron chi connectivity index (χ2n) is 7.44. The van der Waals surface area contributed by atoms with Gasteiger partial charge in [-0.25, -0.2) is 0 Å².